The highest BCUT2D eigenvalue weighted by Gasteiger charge is 2.09. The molecule has 0 aliphatic heterocycles. The van der Waals surface area contributed by atoms with Crippen molar-refractivity contribution in [1.82, 2.24) is 5.32 Å². The van der Waals surface area contributed by atoms with Crippen molar-refractivity contribution in [1.29, 1.82) is 0 Å². The van der Waals surface area contributed by atoms with Gasteiger partial charge in [0.15, 0.2) is 0 Å². The Balaban J connectivity index is 2.50. The molecule has 0 bridgehead atoms. The molecule has 0 saturated heterocycles. The van der Waals surface area contributed by atoms with E-state index in [1.165, 1.54) is 0 Å². The number of nitrogens with one attached hydrogen (secondary N) is 2. The molecule has 0 spiro atoms. The van der Waals surface area contributed by atoms with E-state index >= 15 is 0 Å². The molecule has 0 aliphatic rings. The Kier molecular flexibility index (Phi) is 5.51. The van der Waals surface area contributed by atoms with E-state index in [0.29, 0.717) is 0 Å². The number of aryl methyl sites for hydroxylation is 2. The second-order valence-electron chi connectivity index (χ2n) is 4.77. The molecule has 104 valence electrons. The lowest BCUT2D eigenvalue weighted by Gasteiger charge is -2.12. The van der Waals surface area contributed by atoms with E-state index < -0.39 is 0 Å². The zero-order valence-electron chi connectivity index (χ0n) is 11.6. The normalized spacial score (nSPS) is 11.8. The summed E-state index contributed by atoms with van der Waals surface area (Å²) in [5, 5.41) is 5.34. The first kappa shape index (κ1) is 15.2. The van der Waals surface area contributed by atoms with Crippen LogP contribution in [0.1, 0.15) is 24.5 Å². The molecular formula is C14H21N3O2. The Labute approximate surface area is 113 Å². The molecule has 1 unspecified atom stereocenters. The summed E-state index contributed by atoms with van der Waals surface area (Å²) < 4.78 is 0. The average molecular weight is 263 g/mol. The molecule has 5 nitrogen and oxygen atoms in total. The van der Waals surface area contributed by atoms with Gasteiger partial charge in [-0.15, -0.1) is 0 Å². The quantitative estimate of drug-likeness (QED) is 0.743. The number of anilines is 1. The number of amides is 2. The van der Waals surface area contributed by atoms with Crippen molar-refractivity contribution in [2.75, 3.05) is 11.9 Å². The maximum Gasteiger partial charge on any atom is 0.243 e. The van der Waals surface area contributed by atoms with Crippen LogP contribution in [0.4, 0.5) is 5.69 Å². The van der Waals surface area contributed by atoms with Crippen LogP contribution in [0.15, 0.2) is 18.2 Å². The van der Waals surface area contributed by atoms with Crippen molar-refractivity contribution in [2.45, 2.75) is 33.2 Å². The van der Waals surface area contributed by atoms with Gasteiger partial charge in [-0.2, -0.15) is 0 Å². The summed E-state index contributed by atoms with van der Waals surface area (Å²) in [7, 11) is 0. The predicted octanol–water partition coefficient (Wildman–Crippen LogP) is 1.10. The van der Waals surface area contributed by atoms with Crippen molar-refractivity contribution in [3.63, 3.8) is 0 Å². The number of hydrogen-bond acceptors (Lipinski definition) is 3. The SMILES string of the molecule is Cc1cccc(C)c1NC(=O)CNC(=O)CC(C)N. The Bertz CT molecular complexity index is 450. The fourth-order valence-electron chi connectivity index (χ4n) is 1.74. The molecule has 0 aliphatic carbocycles. The monoisotopic (exact) mass is 263 g/mol. The van der Waals surface area contributed by atoms with Crippen LogP contribution in [0.25, 0.3) is 0 Å². The fourth-order valence-corrected chi connectivity index (χ4v) is 1.74. The first-order valence-electron chi connectivity index (χ1n) is 6.28. The van der Waals surface area contributed by atoms with Crippen molar-refractivity contribution in [2.24, 2.45) is 5.73 Å². The summed E-state index contributed by atoms with van der Waals surface area (Å²) in [6, 6.07) is 5.58. The number of benzene rings is 1. The van der Waals surface area contributed by atoms with Crippen molar-refractivity contribution in [3.8, 4) is 0 Å². The highest BCUT2D eigenvalue weighted by molar-refractivity contribution is 5.95. The second kappa shape index (κ2) is 6.89. The van der Waals surface area contributed by atoms with Gasteiger partial charge in [0.05, 0.1) is 6.54 Å². The lowest BCUT2D eigenvalue weighted by atomic mass is 10.1. The van der Waals surface area contributed by atoms with E-state index in [0.717, 1.165) is 16.8 Å². The summed E-state index contributed by atoms with van der Waals surface area (Å²) in [5.74, 6) is -0.456. The average Bonchev–Trinajstić information content (AvgIpc) is 2.30. The first-order chi connectivity index (χ1) is 8.90. The smallest absolute Gasteiger partial charge is 0.243 e. The Hall–Kier alpha value is -1.88. The maximum absolute atomic E-state index is 11.8. The topological polar surface area (TPSA) is 84.2 Å². The van der Waals surface area contributed by atoms with Gasteiger partial charge in [-0.3, -0.25) is 9.59 Å². The number of para-hydroxylation sites is 1. The standard InChI is InChI=1S/C14H21N3O2/c1-9-5-4-6-10(2)14(9)17-13(19)8-16-12(18)7-11(3)15/h4-6,11H,7-8,15H2,1-3H3,(H,16,18)(H,17,19). The molecule has 1 rings (SSSR count). The van der Waals surface area contributed by atoms with Crippen LogP contribution in [0, 0.1) is 13.8 Å². The lowest BCUT2D eigenvalue weighted by Crippen LogP contribution is -2.35. The summed E-state index contributed by atoms with van der Waals surface area (Å²) in [5.41, 5.74) is 8.29. The summed E-state index contributed by atoms with van der Waals surface area (Å²) >= 11 is 0. The van der Waals surface area contributed by atoms with Crippen LogP contribution in [-0.2, 0) is 9.59 Å². The molecule has 0 fully saturated rings. The van der Waals surface area contributed by atoms with E-state index in [2.05, 4.69) is 10.6 Å². The van der Waals surface area contributed by atoms with E-state index in [-0.39, 0.29) is 30.8 Å². The molecule has 1 aromatic carbocycles. The third kappa shape index (κ3) is 5.09. The number of hydrogen-bond donors (Lipinski definition) is 3. The van der Waals surface area contributed by atoms with E-state index in [4.69, 9.17) is 5.73 Å². The predicted molar refractivity (Wildman–Crippen MR) is 75.8 cm³/mol. The minimum atomic E-state index is -0.240. The molecule has 0 saturated carbocycles. The Morgan fingerprint density at radius 2 is 1.79 bits per heavy atom. The van der Waals surface area contributed by atoms with Crippen LogP contribution in [0.2, 0.25) is 0 Å². The van der Waals surface area contributed by atoms with E-state index in [1.807, 2.05) is 32.0 Å². The third-order valence-electron chi connectivity index (χ3n) is 2.70. The zero-order chi connectivity index (χ0) is 14.4. The van der Waals surface area contributed by atoms with Gasteiger partial charge >= 0.3 is 0 Å². The van der Waals surface area contributed by atoms with Crippen LogP contribution in [0.3, 0.4) is 0 Å². The van der Waals surface area contributed by atoms with Crippen LogP contribution >= 0.6 is 0 Å². The molecule has 0 radical (unpaired) electrons. The molecule has 0 heterocycles. The van der Waals surface area contributed by atoms with Gasteiger partial charge in [0.2, 0.25) is 11.8 Å². The number of carbonyl (C=O) groups is 2. The zero-order valence-corrected chi connectivity index (χ0v) is 11.6. The minimum absolute atomic E-state index is 0.0423. The summed E-state index contributed by atoms with van der Waals surface area (Å²) in [4.78, 5) is 23.1. The van der Waals surface area contributed by atoms with Crippen LogP contribution in [-0.4, -0.2) is 24.4 Å². The molecule has 1 atom stereocenters. The molecule has 4 N–H and O–H groups in total. The summed E-state index contributed by atoms with van der Waals surface area (Å²) in [6.07, 6.45) is 0.219. The van der Waals surface area contributed by atoms with Crippen LogP contribution in [0.5, 0.6) is 0 Å². The third-order valence-corrected chi connectivity index (χ3v) is 2.70. The van der Waals surface area contributed by atoms with Gasteiger partial charge in [-0.25, -0.2) is 0 Å². The molecule has 19 heavy (non-hydrogen) atoms. The first-order valence-corrected chi connectivity index (χ1v) is 6.28. The van der Waals surface area contributed by atoms with Gasteiger partial charge < -0.3 is 16.4 Å². The molecule has 1 aromatic rings. The van der Waals surface area contributed by atoms with Gasteiger partial charge in [-0.1, -0.05) is 18.2 Å². The molecular weight excluding hydrogens is 242 g/mol. The van der Waals surface area contributed by atoms with Gasteiger partial charge in [0, 0.05) is 18.2 Å². The van der Waals surface area contributed by atoms with Crippen LogP contribution < -0.4 is 16.4 Å². The molecule has 0 aromatic heterocycles. The van der Waals surface area contributed by atoms with Crippen molar-refractivity contribution < 1.29 is 9.59 Å². The number of carbonyl (C=O) groups excluding carboxylic acids is 2. The van der Waals surface area contributed by atoms with E-state index in [9.17, 15) is 9.59 Å². The number of nitrogens with two attached hydrogens (primary N) is 1. The van der Waals surface area contributed by atoms with Gasteiger partial charge in [0.25, 0.3) is 0 Å². The molecule has 2 amide bonds. The lowest BCUT2D eigenvalue weighted by molar-refractivity contribution is -0.124. The molecule has 5 heteroatoms. The maximum atomic E-state index is 11.8. The van der Waals surface area contributed by atoms with E-state index in [1.54, 1.807) is 6.92 Å². The minimum Gasteiger partial charge on any atom is -0.347 e. The summed E-state index contributed by atoms with van der Waals surface area (Å²) in [6.45, 7) is 5.56. The van der Waals surface area contributed by atoms with Crippen molar-refractivity contribution in [3.05, 3.63) is 29.3 Å². The largest absolute Gasteiger partial charge is 0.347 e. The highest BCUT2D eigenvalue weighted by atomic mass is 16.2. The second-order valence-corrected chi connectivity index (χ2v) is 4.77. The highest BCUT2D eigenvalue weighted by Crippen LogP contribution is 2.18. The fraction of sp³-hybridized carbons (Fsp3) is 0.429. The Morgan fingerprint density at radius 1 is 1.21 bits per heavy atom. The van der Waals surface area contributed by atoms with Crippen molar-refractivity contribution >= 4 is 17.5 Å². The Morgan fingerprint density at radius 3 is 2.32 bits per heavy atom. The van der Waals surface area contributed by atoms with Gasteiger partial charge in [0.1, 0.15) is 0 Å². The van der Waals surface area contributed by atoms with Gasteiger partial charge in [-0.05, 0) is 31.9 Å². The number of rotatable bonds is 5.